The van der Waals surface area contributed by atoms with Crippen molar-refractivity contribution in [3.05, 3.63) is 30.5 Å². The molecule has 0 radical (unpaired) electrons. The molecule has 0 spiro atoms. The molecule has 1 aromatic heterocycles. The van der Waals surface area contributed by atoms with E-state index in [-0.39, 0.29) is 5.78 Å². The average Bonchev–Trinajstić information content (AvgIpc) is 2.84. The van der Waals surface area contributed by atoms with Gasteiger partial charge in [-0.05, 0) is 12.8 Å². The van der Waals surface area contributed by atoms with Crippen molar-refractivity contribution in [1.82, 2.24) is 14.9 Å². The third-order valence-electron chi connectivity index (χ3n) is 2.48. The van der Waals surface area contributed by atoms with Crippen LogP contribution >= 0.6 is 0 Å². The zero-order chi connectivity index (χ0) is 10.5. The number of rotatable bonds is 5. The van der Waals surface area contributed by atoms with E-state index in [0.717, 1.165) is 31.6 Å². The first-order valence-corrected chi connectivity index (χ1v) is 5.27. The van der Waals surface area contributed by atoms with Gasteiger partial charge in [-0.2, -0.15) is 0 Å². The van der Waals surface area contributed by atoms with Crippen LogP contribution in [0, 0.1) is 0 Å². The highest BCUT2D eigenvalue weighted by atomic mass is 16.1. The third kappa shape index (κ3) is 2.94. The van der Waals surface area contributed by atoms with Crippen LogP contribution in [0.5, 0.6) is 0 Å². The van der Waals surface area contributed by atoms with Crippen LogP contribution in [0.3, 0.4) is 0 Å². The standard InChI is InChI=1S/C11H15N3O/c15-11-3-2-10(8-11)13-4-1-6-14-7-5-12-9-14/h5,7-9,13H,1-4,6H2. The molecular weight excluding hydrogens is 190 g/mol. The quantitative estimate of drug-likeness (QED) is 0.732. The van der Waals surface area contributed by atoms with Gasteiger partial charge in [0.1, 0.15) is 0 Å². The summed E-state index contributed by atoms with van der Waals surface area (Å²) in [6.45, 7) is 1.88. The fourth-order valence-electron chi connectivity index (χ4n) is 1.67. The lowest BCUT2D eigenvalue weighted by atomic mass is 10.3. The molecule has 1 heterocycles. The normalized spacial score (nSPS) is 15.5. The van der Waals surface area contributed by atoms with Crippen LogP contribution in [0.4, 0.5) is 0 Å². The summed E-state index contributed by atoms with van der Waals surface area (Å²) in [5, 5.41) is 3.28. The summed E-state index contributed by atoms with van der Waals surface area (Å²) in [6.07, 6.45) is 9.87. The first-order valence-electron chi connectivity index (χ1n) is 5.27. The molecule has 0 saturated carbocycles. The Morgan fingerprint density at radius 3 is 3.07 bits per heavy atom. The van der Waals surface area contributed by atoms with Gasteiger partial charge in [-0.3, -0.25) is 4.79 Å². The second-order valence-corrected chi connectivity index (χ2v) is 3.72. The molecule has 80 valence electrons. The van der Waals surface area contributed by atoms with E-state index in [0.29, 0.717) is 6.42 Å². The summed E-state index contributed by atoms with van der Waals surface area (Å²) in [6, 6.07) is 0. The van der Waals surface area contributed by atoms with E-state index >= 15 is 0 Å². The van der Waals surface area contributed by atoms with Crippen LogP contribution in [0.15, 0.2) is 30.5 Å². The Morgan fingerprint density at radius 2 is 2.40 bits per heavy atom. The van der Waals surface area contributed by atoms with Crippen LogP contribution in [0.1, 0.15) is 19.3 Å². The summed E-state index contributed by atoms with van der Waals surface area (Å²) in [7, 11) is 0. The van der Waals surface area contributed by atoms with Gasteiger partial charge in [0.25, 0.3) is 0 Å². The molecule has 0 fully saturated rings. The van der Waals surface area contributed by atoms with Crippen LogP contribution in [0.2, 0.25) is 0 Å². The highest BCUT2D eigenvalue weighted by Gasteiger charge is 2.10. The first-order chi connectivity index (χ1) is 7.34. The SMILES string of the molecule is O=C1C=C(NCCCn2ccnc2)CC1. The number of nitrogens with zero attached hydrogens (tertiary/aromatic N) is 2. The number of carbonyl (C=O) groups excluding carboxylic acids is 1. The van der Waals surface area contributed by atoms with Gasteiger partial charge in [-0.15, -0.1) is 0 Å². The van der Waals surface area contributed by atoms with E-state index in [1.807, 2.05) is 12.5 Å². The number of ketones is 1. The average molecular weight is 205 g/mol. The summed E-state index contributed by atoms with van der Waals surface area (Å²) < 4.78 is 2.05. The van der Waals surface area contributed by atoms with Crippen molar-refractivity contribution in [3.63, 3.8) is 0 Å². The molecule has 1 N–H and O–H groups in total. The molecule has 0 atom stereocenters. The minimum Gasteiger partial charge on any atom is -0.388 e. The maximum Gasteiger partial charge on any atom is 0.157 e. The molecule has 0 aromatic carbocycles. The van der Waals surface area contributed by atoms with Crippen molar-refractivity contribution in [2.24, 2.45) is 0 Å². The highest BCUT2D eigenvalue weighted by molar-refractivity contribution is 5.92. The zero-order valence-electron chi connectivity index (χ0n) is 8.65. The lowest BCUT2D eigenvalue weighted by Gasteiger charge is -2.06. The molecule has 0 amide bonds. The first kappa shape index (κ1) is 9.96. The maximum absolute atomic E-state index is 10.9. The number of aromatic nitrogens is 2. The summed E-state index contributed by atoms with van der Waals surface area (Å²) in [5.41, 5.74) is 1.09. The number of allylic oxidation sites excluding steroid dienone is 2. The molecular formula is C11H15N3O. The van der Waals surface area contributed by atoms with Crippen molar-refractivity contribution >= 4 is 5.78 Å². The largest absolute Gasteiger partial charge is 0.388 e. The summed E-state index contributed by atoms with van der Waals surface area (Å²) >= 11 is 0. The van der Waals surface area contributed by atoms with Gasteiger partial charge in [0.2, 0.25) is 0 Å². The molecule has 1 aliphatic carbocycles. The van der Waals surface area contributed by atoms with E-state index in [9.17, 15) is 4.79 Å². The number of imidazole rings is 1. The lowest BCUT2D eigenvalue weighted by molar-refractivity contribution is -0.114. The van der Waals surface area contributed by atoms with E-state index < -0.39 is 0 Å². The van der Waals surface area contributed by atoms with Crippen molar-refractivity contribution in [2.75, 3.05) is 6.54 Å². The van der Waals surface area contributed by atoms with Gasteiger partial charge in [0.05, 0.1) is 6.33 Å². The Kier molecular flexibility index (Phi) is 3.17. The Bertz CT molecular complexity index is 354. The molecule has 0 bridgehead atoms. The van der Waals surface area contributed by atoms with Crippen LogP contribution in [0.25, 0.3) is 0 Å². The number of carbonyl (C=O) groups is 1. The maximum atomic E-state index is 10.9. The molecule has 0 unspecified atom stereocenters. The molecule has 4 heteroatoms. The van der Waals surface area contributed by atoms with Crippen molar-refractivity contribution in [3.8, 4) is 0 Å². The Morgan fingerprint density at radius 1 is 1.47 bits per heavy atom. The van der Waals surface area contributed by atoms with Gasteiger partial charge in [-0.25, -0.2) is 4.98 Å². The topological polar surface area (TPSA) is 46.9 Å². The van der Waals surface area contributed by atoms with Gasteiger partial charge >= 0.3 is 0 Å². The second-order valence-electron chi connectivity index (χ2n) is 3.72. The van der Waals surface area contributed by atoms with E-state index in [1.54, 1.807) is 12.3 Å². The lowest BCUT2D eigenvalue weighted by Crippen LogP contribution is -2.15. The summed E-state index contributed by atoms with van der Waals surface area (Å²) in [5.74, 6) is 0.243. The predicted molar refractivity (Wildman–Crippen MR) is 57.2 cm³/mol. The van der Waals surface area contributed by atoms with Gasteiger partial charge in [-0.1, -0.05) is 0 Å². The fourth-order valence-corrected chi connectivity index (χ4v) is 1.67. The predicted octanol–water partition coefficient (Wildman–Crippen LogP) is 1.11. The molecule has 1 aliphatic rings. The van der Waals surface area contributed by atoms with Gasteiger partial charge in [0, 0.05) is 43.7 Å². The van der Waals surface area contributed by atoms with Crippen LogP contribution < -0.4 is 5.32 Å². The molecule has 0 aliphatic heterocycles. The van der Waals surface area contributed by atoms with Crippen LogP contribution in [-0.2, 0) is 11.3 Å². The number of nitrogens with one attached hydrogen (secondary N) is 1. The van der Waals surface area contributed by atoms with Crippen molar-refractivity contribution in [1.29, 1.82) is 0 Å². The Labute approximate surface area is 89.0 Å². The van der Waals surface area contributed by atoms with E-state index in [2.05, 4.69) is 14.9 Å². The molecule has 0 saturated heterocycles. The third-order valence-corrected chi connectivity index (χ3v) is 2.48. The van der Waals surface area contributed by atoms with Crippen molar-refractivity contribution < 1.29 is 4.79 Å². The number of aryl methyl sites for hydroxylation is 1. The monoisotopic (exact) mass is 205 g/mol. The molecule has 15 heavy (non-hydrogen) atoms. The number of hydrogen-bond donors (Lipinski definition) is 1. The Balaban J connectivity index is 1.63. The number of hydrogen-bond acceptors (Lipinski definition) is 3. The second kappa shape index (κ2) is 4.77. The van der Waals surface area contributed by atoms with Crippen molar-refractivity contribution in [2.45, 2.75) is 25.8 Å². The minimum absolute atomic E-state index is 0.243. The smallest absolute Gasteiger partial charge is 0.157 e. The minimum atomic E-state index is 0.243. The van der Waals surface area contributed by atoms with Crippen LogP contribution in [-0.4, -0.2) is 21.9 Å². The molecule has 4 nitrogen and oxygen atoms in total. The molecule has 2 rings (SSSR count). The molecule has 1 aromatic rings. The van der Waals surface area contributed by atoms with Gasteiger partial charge < -0.3 is 9.88 Å². The van der Waals surface area contributed by atoms with E-state index in [4.69, 9.17) is 0 Å². The van der Waals surface area contributed by atoms with Gasteiger partial charge in [0.15, 0.2) is 5.78 Å². The fraction of sp³-hybridized carbons (Fsp3) is 0.455. The summed E-state index contributed by atoms with van der Waals surface area (Å²) in [4.78, 5) is 14.9. The van der Waals surface area contributed by atoms with E-state index in [1.165, 1.54) is 0 Å². The Hall–Kier alpha value is -1.58. The zero-order valence-corrected chi connectivity index (χ0v) is 8.65. The highest BCUT2D eigenvalue weighted by Crippen LogP contribution is 2.11.